The third-order valence-corrected chi connectivity index (χ3v) is 7.90. The number of likely N-dealkylation sites (tertiary alicyclic amines) is 1. The van der Waals surface area contributed by atoms with Crippen LogP contribution in [-0.4, -0.2) is 29.0 Å². The Bertz CT molecular complexity index is 986. The molecule has 0 bridgehead atoms. The molecule has 0 N–H and O–H groups in total. The molecule has 1 saturated carbocycles. The zero-order valence-corrected chi connectivity index (χ0v) is 19.7. The molecule has 2 fully saturated rings. The number of halogens is 4. The van der Waals surface area contributed by atoms with E-state index in [1.807, 2.05) is 36.1 Å². The lowest BCUT2D eigenvalue weighted by Crippen LogP contribution is -2.73. The number of carbonyl (C=O) groups excluding carboxylic acids is 1. The molecule has 1 heterocycles. The van der Waals surface area contributed by atoms with Crippen LogP contribution in [0.3, 0.4) is 0 Å². The predicted molar refractivity (Wildman–Crippen MR) is 122 cm³/mol. The Morgan fingerprint density at radius 2 is 1.64 bits per heavy atom. The smallest absolute Gasteiger partial charge is 0.416 e. The van der Waals surface area contributed by atoms with Crippen LogP contribution in [0.5, 0.6) is 5.75 Å². The van der Waals surface area contributed by atoms with Gasteiger partial charge >= 0.3 is 6.18 Å². The summed E-state index contributed by atoms with van der Waals surface area (Å²) in [6, 6.07) is 12.7. The van der Waals surface area contributed by atoms with Crippen LogP contribution in [0.15, 0.2) is 48.5 Å². The van der Waals surface area contributed by atoms with E-state index in [1.54, 1.807) is 6.92 Å². The lowest BCUT2D eigenvalue weighted by atomic mass is 9.50. The molecule has 0 radical (unpaired) electrons. The zero-order valence-electron chi connectivity index (χ0n) is 18.9. The Balaban J connectivity index is 1.76. The number of alkyl halides is 3. The number of benzene rings is 2. The molecule has 0 aromatic heterocycles. The molecule has 1 amide bonds. The SMILES string of the molecule is CC(=O)N1CCCCC1(C(C)Oc1ccc(C(F)(F)F)cc1)C1(c2ccc(Cl)cc2)CCC1. The minimum absolute atomic E-state index is 0.00203. The van der Waals surface area contributed by atoms with Crippen LogP contribution in [0.25, 0.3) is 0 Å². The van der Waals surface area contributed by atoms with Gasteiger partial charge in [0.15, 0.2) is 0 Å². The molecule has 7 heteroatoms. The van der Waals surface area contributed by atoms with Gasteiger partial charge in [-0.05, 0) is 81.0 Å². The van der Waals surface area contributed by atoms with Gasteiger partial charge in [0.25, 0.3) is 0 Å². The quantitative estimate of drug-likeness (QED) is 0.461. The lowest BCUT2D eigenvalue weighted by molar-refractivity contribution is -0.158. The maximum absolute atomic E-state index is 13.0. The fourth-order valence-electron chi connectivity index (χ4n) is 6.04. The van der Waals surface area contributed by atoms with Gasteiger partial charge < -0.3 is 9.64 Å². The van der Waals surface area contributed by atoms with E-state index < -0.39 is 23.4 Å². The summed E-state index contributed by atoms with van der Waals surface area (Å²) in [7, 11) is 0. The highest BCUT2D eigenvalue weighted by atomic mass is 35.5. The first kappa shape index (κ1) is 23.9. The largest absolute Gasteiger partial charge is 0.488 e. The molecule has 3 nitrogen and oxygen atoms in total. The first-order valence-electron chi connectivity index (χ1n) is 11.5. The second kappa shape index (κ2) is 8.86. The Hall–Kier alpha value is -2.21. The van der Waals surface area contributed by atoms with Crippen LogP contribution in [0.4, 0.5) is 13.2 Å². The second-order valence-electron chi connectivity index (χ2n) is 9.28. The number of nitrogens with zero attached hydrogens (tertiary/aromatic N) is 1. The average Bonchev–Trinajstić information content (AvgIpc) is 2.74. The third kappa shape index (κ3) is 4.11. The molecule has 178 valence electrons. The topological polar surface area (TPSA) is 29.5 Å². The van der Waals surface area contributed by atoms with Gasteiger partial charge in [0, 0.05) is 23.9 Å². The van der Waals surface area contributed by atoms with Crippen molar-refractivity contribution in [1.29, 1.82) is 0 Å². The van der Waals surface area contributed by atoms with Crippen molar-refractivity contribution in [3.8, 4) is 5.75 Å². The van der Waals surface area contributed by atoms with Gasteiger partial charge in [-0.25, -0.2) is 0 Å². The second-order valence-corrected chi connectivity index (χ2v) is 9.71. The van der Waals surface area contributed by atoms with Crippen molar-refractivity contribution < 1.29 is 22.7 Å². The van der Waals surface area contributed by atoms with Crippen molar-refractivity contribution in [2.24, 2.45) is 0 Å². The van der Waals surface area contributed by atoms with Gasteiger partial charge in [0.05, 0.1) is 11.1 Å². The normalized spacial score (nSPS) is 23.5. The molecule has 33 heavy (non-hydrogen) atoms. The van der Waals surface area contributed by atoms with Gasteiger partial charge in [-0.2, -0.15) is 13.2 Å². The lowest BCUT2D eigenvalue weighted by Gasteiger charge is -2.64. The summed E-state index contributed by atoms with van der Waals surface area (Å²) in [5.41, 5.74) is -0.480. The first-order chi connectivity index (χ1) is 15.6. The number of carbonyl (C=O) groups is 1. The summed E-state index contributed by atoms with van der Waals surface area (Å²) in [5.74, 6) is 0.368. The molecule has 1 aliphatic carbocycles. The summed E-state index contributed by atoms with van der Waals surface area (Å²) in [4.78, 5) is 14.9. The number of piperidine rings is 1. The Kier molecular flexibility index (Phi) is 6.43. The Morgan fingerprint density at radius 3 is 2.15 bits per heavy atom. The molecule has 2 atom stereocenters. The van der Waals surface area contributed by atoms with E-state index in [9.17, 15) is 18.0 Å². The standard InChI is InChI=1S/C26H29ClF3NO2/c1-18(33-23-12-8-21(9-13-23)26(28,29)30)25(16-3-4-17-31(25)19(2)32)24(14-5-15-24)20-6-10-22(27)11-7-20/h6-13,18H,3-5,14-17H2,1-2H3. The summed E-state index contributed by atoms with van der Waals surface area (Å²) >= 11 is 6.17. The molecule has 2 aromatic carbocycles. The van der Waals surface area contributed by atoms with E-state index in [0.717, 1.165) is 56.2 Å². The molecule has 2 aromatic rings. The molecule has 2 unspecified atom stereocenters. The summed E-state index contributed by atoms with van der Waals surface area (Å²) in [5, 5.41) is 0.656. The maximum Gasteiger partial charge on any atom is 0.416 e. The van der Waals surface area contributed by atoms with Crippen LogP contribution in [0, 0.1) is 0 Å². The molecule has 2 aliphatic rings. The highest BCUT2D eigenvalue weighted by molar-refractivity contribution is 6.30. The van der Waals surface area contributed by atoms with E-state index >= 15 is 0 Å². The number of ether oxygens (including phenoxy) is 1. The fraction of sp³-hybridized carbons (Fsp3) is 0.500. The van der Waals surface area contributed by atoms with Crippen molar-refractivity contribution in [1.82, 2.24) is 4.90 Å². The van der Waals surface area contributed by atoms with E-state index in [-0.39, 0.29) is 11.3 Å². The first-order valence-corrected chi connectivity index (χ1v) is 11.9. The van der Waals surface area contributed by atoms with Crippen molar-refractivity contribution in [2.75, 3.05) is 6.54 Å². The highest BCUT2D eigenvalue weighted by Crippen LogP contribution is 2.58. The molecule has 1 saturated heterocycles. The molecule has 0 spiro atoms. The van der Waals surface area contributed by atoms with Gasteiger partial charge in [-0.15, -0.1) is 0 Å². The van der Waals surface area contributed by atoms with Gasteiger partial charge in [0.2, 0.25) is 5.91 Å². The van der Waals surface area contributed by atoms with Crippen LogP contribution in [-0.2, 0) is 16.4 Å². The van der Waals surface area contributed by atoms with Crippen LogP contribution in [0.1, 0.15) is 63.5 Å². The summed E-state index contributed by atoms with van der Waals surface area (Å²) in [6.45, 7) is 4.19. The van der Waals surface area contributed by atoms with Crippen LogP contribution < -0.4 is 4.74 Å². The minimum Gasteiger partial charge on any atom is -0.488 e. The molecule has 1 aliphatic heterocycles. The average molecular weight is 480 g/mol. The Morgan fingerprint density at radius 1 is 1.00 bits per heavy atom. The van der Waals surface area contributed by atoms with Crippen LogP contribution >= 0.6 is 11.6 Å². The number of hydrogen-bond acceptors (Lipinski definition) is 2. The van der Waals surface area contributed by atoms with Gasteiger partial charge in [0.1, 0.15) is 11.9 Å². The van der Waals surface area contributed by atoms with Crippen molar-refractivity contribution in [3.05, 3.63) is 64.7 Å². The maximum atomic E-state index is 13.0. The van der Waals surface area contributed by atoms with E-state index in [0.29, 0.717) is 17.3 Å². The summed E-state index contributed by atoms with van der Waals surface area (Å²) < 4.78 is 45.4. The Labute approximate surface area is 197 Å². The van der Waals surface area contributed by atoms with Gasteiger partial charge in [-0.3, -0.25) is 4.79 Å². The van der Waals surface area contributed by atoms with E-state index in [2.05, 4.69) is 0 Å². The minimum atomic E-state index is -4.40. The van der Waals surface area contributed by atoms with E-state index in [1.165, 1.54) is 12.1 Å². The highest BCUT2D eigenvalue weighted by Gasteiger charge is 2.63. The number of hydrogen-bond donors (Lipinski definition) is 0. The van der Waals surface area contributed by atoms with Crippen molar-refractivity contribution in [2.45, 2.75) is 75.6 Å². The zero-order chi connectivity index (χ0) is 23.9. The number of rotatable bonds is 5. The monoisotopic (exact) mass is 479 g/mol. The number of amides is 1. The predicted octanol–water partition coefficient (Wildman–Crippen LogP) is 7.02. The molecular weight excluding hydrogens is 451 g/mol. The van der Waals surface area contributed by atoms with E-state index in [4.69, 9.17) is 16.3 Å². The third-order valence-electron chi connectivity index (χ3n) is 7.65. The van der Waals surface area contributed by atoms with Crippen molar-refractivity contribution in [3.63, 3.8) is 0 Å². The fourth-order valence-corrected chi connectivity index (χ4v) is 6.17. The summed E-state index contributed by atoms with van der Waals surface area (Å²) in [6.07, 6.45) is 0.711. The van der Waals surface area contributed by atoms with Crippen molar-refractivity contribution >= 4 is 17.5 Å². The van der Waals surface area contributed by atoms with Gasteiger partial charge in [-0.1, -0.05) is 30.2 Å². The molecule has 4 rings (SSSR count). The molecular formula is C26H29ClF3NO2. The van der Waals surface area contributed by atoms with Crippen LogP contribution in [0.2, 0.25) is 5.02 Å².